The number of aromatic nitrogens is 3. The zero-order valence-electron chi connectivity index (χ0n) is 17.1. The van der Waals surface area contributed by atoms with E-state index < -0.39 is 0 Å². The third kappa shape index (κ3) is 3.05. The normalized spacial score (nSPS) is 21.8. The van der Waals surface area contributed by atoms with Crippen LogP contribution in [0.3, 0.4) is 0 Å². The molecule has 3 heterocycles. The summed E-state index contributed by atoms with van der Waals surface area (Å²) in [6.45, 7) is 9.41. The van der Waals surface area contributed by atoms with Crippen LogP contribution >= 0.6 is 0 Å². The molecule has 1 amide bonds. The second-order valence-corrected chi connectivity index (χ2v) is 9.27. The number of H-pyrrole nitrogens is 1. The van der Waals surface area contributed by atoms with Crippen molar-refractivity contribution < 1.29 is 4.79 Å². The minimum absolute atomic E-state index is 0.0178. The fraction of sp³-hybridized carbons (Fsp3) is 0.545. The fourth-order valence-electron chi connectivity index (χ4n) is 4.57. The number of fused-ring (bicyclic) bond motifs is 2. The van der Waals surface area contributed by atoms with Crippen LogP contribution in [-0.2, 0) is 17.3 Å². The molecule has 1 saturated heterocycles. The molecule has 0 bridgehead atoms. The minimum Gasteiger partial charge on any atom is -0.336 e. The minimum atomic E-state index is -0.229. The predicted octanol–water partition coefficient (Wildman–Crippen LogP) is 2.89. The Morgan fingerprint density at radius 3 is 2.79 bits per heavy atom. The number of aryl methyl sites for hydroxylation is 1. The number of carbonyl (C=O) groups excluding carboxylic acids is 1. The van der Waals surface area contributed by atoms with E-state index in [-0.39, 0.29) is 22.3 Å². The zero-order valence-corrected chi connectivity index (χ0v) is 17.1. The first kappa shape index (κ1) is 18.8. The van der Waals surface area contributed by atoms with Crippen LogP contribution in [0.5, 0.6) is 0 Å². The molecule has 6 heteroatoms. The maximum Gasteiger partial charge on any atom is 0.272 e. The molecular formula is C22H28N4O2. The van der Waals surface area contributed by atoms with Crippen LogP contribution in [-0.4, -0.2) is 38.8 Å². The molecule has 2 aromatic rings. The number of hydrogen-bond donors (Lipinski definition) is 1. The van der Waals surface area contributed by atoms with Gasteiger partial charge in [0.15, 0.2) is 0 Å². The molecule has 2 aromatic heterocycles. The van der Waals surface area contributed by atoms with Gasteiger partial charge in [0.1, 0.15) is 11.5 Å². The number of rotatable bonds is 1. The summed E-state index contributed by atoms with van der Waals surface area (Å²) >= 11 is 0. The largest absolute Gasteiger partial charge is 0.336 e. The highest BCUT2D eigenvalue weighted by Gasteiger charge is 2.46. The van der Waals surface area contributed by atoms with Crippen LogP contribution < -0.4 is 5.56 Å². The van der Waals surface area contributed by atoms with Gasteiger partial charge in [-0.15, -0.1) is 0 Å². The number of carbonyl (C=O) groups is 1. The molecule has 1 spiro atoms. The molecule has 148 valence electrons. The zero-order chi connectivity index (χ0) is 20.1. The van der Waals surface area contributed by atoms with Crippen LogP contribution in [0.25, 0.3) is 0 Å². The highest BCUT2D eigenvalue weighted by atomic mass is 16.2. The molecule has 1 fully saturated rings. The van der Waals surface area contributed by atoms with E-state index in [4.69, 9.17) is 4.98 Å². The Morgan fingerprint density at radius 1 is 1.29 bits per heavy atom. The van der Waals surface area contributed by atoms with E-state index in [1.807, 2.05) is 24.0 Å². The first-order valence-electron chi connectivity index (χ1n) is 10.1. The molecule has 1 aliphatic heterocycles. The quantitative estimate of drug-likeness (QED) is 0.825. The Labute approximate surface area is 165 Å². The number of likely N-dealkylation sites (tertiary alicyclic amines) is 1. The van der Waals surface area contributed by atoms with Crippen molar-refractivity contribution in [2.24, 2.45) is 0 Å². The summed E-state index contributed by atoms with van der Waals surface area (Å²) < 4.78 is 0. The third-order valence-electron chi connectivity index (χ3n) is 6.16. The number of pyridine rings is 1. The first-order chi connectivity index (χ1) is 13.2. The summed E-state index contributed by atoms with van der Waals surface area (Å²) in [4.78, 5) is 40.0. The molecular weight excluding hydrogens is 352 g/mol. The van der Waals surface area contributed by atoms with E-state index >= 15 is 0 Å². The highest BCUT2D eigenvalue weighted by Crippen LogP contribution is 2.43. The average Bonchev–Trinajstić information content (AvgIpc) is 2.99. The van der Waals surface area contributed by atoms with Gasteiger partial charge in [0.05, 0.1) is 5.69 Å². The lowest BCUT2D eigenvalue weighted by molar-refractivity contribution is 0.0626. The number of amides is 1. The van der Waals surface area contributed by atoms with Crippen LogP contribution in [0.1, 0.15) is 73.2 Å². The molecule has 0 saturated carbocycles. The number of piperidine rings is 1. The molecule has 1 N–H and O–H groups in total. The van der Waals surface area contributed by atoms with E-state index in [0.717, 1.165) is 54.9 Å². The van der Waals surface area contributed by atoms with Gasteiger partial charge in [-0.3, -0.25) is 14.6 Å². The van der Waals surface area contributed by atoms with Gasteiger partial charge < -0.3 is 9.88 Å². The van der Waals surface area contributed by atoms with Gasteiger partial charge in [-0.1, -0.05) is 26.8 Å². The van der Waals surface area contributed by atoms with Crippen molar-refractivity contribution in [2.45, 2.75) is 64.2 Å². The molecule has 0 aromatic carbocycles. The predicted molar refractivity (Wildman–Crippen MR) is 108 cm³/mol. The number of nitrogens with one attached hydrogen (secondary N) is 1. The molecule has 1 atom stereocenters. The van der Waals surface area contributed by atoms with Gasteiger partial charge in [-0.2, -0.15) is 0 Å². The van der Waals surface area contributed by atoms with Gasteiger partial charge in [0.25, 0.3) is 11.5 Å². The fourth-order valence-corrected chi connectivity index (χ4v) is 4.57. The van der Waals surface area contributed by atoms with Crippen LogP contribution in [0, 0.1) is 6.92 Å². The summed E-state index contributed by atoms with van der Waals surface area (Å²) in [6, 6.07) is 3.77. The third-order valence-corrected chi connectivity index (χ3v) is 6.16. The van der Waals surface area contributed by atoms with Crippen molar-refractivity contribution in [2.75, 3.05) is 13.1 Å². The Morgan fingerprint density at radius 2 is 2.07 bits per heavy atom. The average molecular weight is 380 g/mol. The highest BCUT2D eigenvalue weighted by molar-refractivity contribution is 5.93. The van der Waals surface area contributed by atoms with Crippen molar-refractivity contribution in [3.8, 4) is 0 Å². The molecule has 6 nitrogen and oxygen atoms in total. The van der Waals surface area contributed by atoms with Crippen molar-refractivity contribution in [1.29, 1.82) is 0 Å². The van der Waals surface area contributed by atoms with Gasteiger partial charge in [0.2, 0.25) is 0 Å². The van der Waals surface area contributed by atoms with Crippen molar-refractivity contribution >= 4 is 5.91 Å². The van der Waals surface area contributed by atoms with E-state index in [9.17, 15) is 9.59 Å². The SMILES string of the molecule is Cc1cccnc1C(=O)N1CCCC2(CCc3c2nc(C(C)(C)C)[nH]c3=O)C1. The number of aromatic amines is 1. The van der Waals surface area contributed by atoms with E-state index in [1.165, 1.54) is 0 Å². The van der Waals surface area contributed by atoms with Gasteiger partial charge in [0, 0.05) is 35.7 Å². The van der Waals surface area contributed by atoms with Gasteiger partial charge >= 0.3 is 0 Å². The Hall–Kier alpha value is -2.50. The van der Waals surface area contributed by atoms with Crippen molar-refractivity contribution in [3.05, 3.63) is 57.0 Å². The first-order valence-corrected chi connectivity index (χ1v) is 10.1. The van der Waals surface area contributed by atoms with Gasteiger partial charge in [-0.05, 0) is 44.2 Å². The number of nitrogens with zero attached hydrogens (tertiary/aromatic N) is 3. The molecule has 0 radical (unpaired) electrons. The smallest absolute Gasteiger partial charge is 0.272 e. The van der Waals surface area contributed by atoms with Gasteiger partial charge in [-0.25, -0.2) is 4.98 Å². The molecule has 1 unspecified atom stereocenters. The maximum atomic E-state index is 13.1. The summed E-state index contributed by atoms with van der Waals surface area (Å²) in [6.07, 6.45) is 5.15. The van der Waals surface area contributed by atoms with Crippen LogP contribution in [0.4, 0.5) is 0 Å². The standard InChI is InChI=1S/C22H28N4O2/c1-14-7-5-11-23-16(14)19(28)26-12-6-9-22(13-26)10-8-15-17(22)24-20(21(2,3)4)25-18(15)27/h5,7,11H,6,8-10,12-13H2,1-4H3,(H,24,25,27). The van der Waals surface area contributed by atoms with Crippen molar-refractivity contribution in [3.63, 3.8) is 0 Å². The second-order valence-electron chi connectivity index (χ2n) is 9.27. The summed E-state index contributed by atoms with van der Waals surface area (Å²) in [5.41, 5.74) is 2.66. The molecule has 2 aliphatic rings. The molecule has 4 rings (SSSR count). The van der Waals surface area contributed by atoms with Crippen LogP contribution in [0.15, 0.2) is 23.1 Å². The number of hydrogen-bond acceptors (Lipinski definition) is 4. The summed E-state index contributed by atoms with van der Waals surface area (Å²) in [7, 11) is 0. The second kappa shape index (κ2) is 6.54. The summed E-state index contributed by atoms with van der Waals surface area (Å²) in [5.74, 6) is 0.702. The Kier molecular flexibility index (Phi) is 4.40. The van der Waals surface area contributed by atoms with Crippen molar-refractivity contribution in [1.82, 2.24) is 19.9 Å². The van der Waals surface area contributed by atoms with Crippen LogP contribution in [0.2, 0.25) is 0 Å². The van der Waals surface area contributed by atoms with E-state index in [2.05, 4.69) is 30.7 Å². The molecule has 1 aliphatic carbocycles. The van der Waals surface area contributed by atoms with E-state index in [0.29, 0.717) is 12.2 Å². The lowest BCUT2D eigenvalue weighted by atomic mass is 9.77. The van der Waals surface area contributed by atoms with E-state index in [1.54, 1.807) is 6.20 Å². The Balaban J connectivity index is 1.71. The Bertz CT molecular complexity index is 989. The lowest BCUT2D eigenvalue weighted by Gasteiger charge is -2.40. The lowest BCUT2D eigenvalue weighted by Crippen LogP contribution is -2.48. The summed E-state index contributed by atoms with van der Waals surface area (Å²) in [5, 5.41) is 0. The monoisotopic (exact) mass is 380 g/mol. The molecule has 28 heavy (non-hydrogen) atoms. The topological polar surface area (TPSA) is 79.0 Å². The maximum absolute atomic E-state index is 13.1.